The summed E-state index contributed by atoms with van der Waals surface area (Å²) in [5.74, 6) is -0.0615. The number of nitrogens with zero attached hydrogens (tertiary/aromatic N) is 3. The SMILES string of the molecule is CC(C)(C)C[C@H](N=C(NC(=O)OC1CCOCC1)N1CCOCC1)C(=O)NCC#N. The van der Waals surface area contributed by atoms with Gasteiger partial charge in [0.25, 0.3) is 0 Å². The van der Waals surface area contributed by atoms with Gasteiger partial charge in [-0.15, -0.1) is 0 Å². The van der Waals surface area contributed by atoms with Crippen molar-refractivity contribution in [3.8, 4) is 6.07 Å². The van der Waals surface area contributed by atoms with Gasteiger partial charge >= 0.3 is 6.09 Å². The lowest BCUT2D eigenvalue weighted by molar-refractivity contribution is -0.122. The summed E-state index contributed by atoms with van der Waals surface area (Å²) < 4.78 is 16.2. The van der Waals surface area contributed by atoms with Gasteiger partial charge in [0, 0.05) is 25.9 Å². The fourth-order valence-corrected chi connectivity index (χ4v) is 3.20. The lowest BCUT2D eigenvalue weighted by Gasteiger charge is -2.31. The molecule has 2 N–H and O–H groups in total. The van der Waals surface area contributed by atoms with Crippen LogP contribution >= 0.6 is 0 Å². The van der Waals surface area contributed by atoms with Gasteiger partial charge in [0.1, 0.15) is 18.7 Å². The number of alkyl carbamates (subject to hydrolysis) is 1. The van der Waals surface area contributed by atoms with E-state index in [1.807, 2.05) is 31.7 Å². The molecule has 2 aliphatic rings. The second kappa shape index (κ2) is 11.7. The van der Waals surface area contributed by atoms with Crippen LogP contribution in [0.15, 0.2) is 4.99 Å². The minimum Gasteiger partial charge on any atom is -0.446 e. The Hall–Kier alpha value is -2.38. The van der Waals surface area contributed by atoms with Crippen LogP contribution in [0.1, 0.15) is 40.0 Å². The predicted molar refractivity (Wildman–Crippen MR) is 110 cm³/mol. The van der Waals surface area contributed by atoms with Gasteiger partial charge in [0.05, 0.1) is 32.5 Å². The zero-order chi connectivity index (χ0) is 22.0. The largest absolute Gasteiger partial charge is 0.446 e. The highest BCUT2D eigenvalue weighted by molar-refractivity contribution is 5.96. The van der Waals surface area contributed by atoms with Gasteiger partial charge in [-0.2, -0.15) is 5.26 Å². The maximum atomic E-state index is 12.6. The molecule has 0 unspecified atom stereocenters. The van der Waals surface area contributed by atoms with E-state index in [2.05, 4.69) is 15.6 Å². The molecule has 2 fully saturated rings. The van der Waals surface area contributed by atoms with Crippen molar-refractivity contribution in [1.82, 2.24) is 15.5 Å². The number of carbonyl (C=O) groups excluding carboxylic acids is 2. The molecule has 168 valence electrons. The van der Waals surface area contributed by atoms with E-state index in [9.17, 15) is 9.59 Å². The summed E-state index contributed by atoms with van der Waals surface area (Å²) in [6, 6.07) is 1.15. The van der Waals surface area contributed by atoms with Crippen LogP contribution < -0.4 is 10.6 Å². The highest BCUT2D eigenvalue weighted by atomic mass is 16.6. The van der Waals surface area contributed by atoms with Crippen molar-refractivity contribution >= 4 is 18.0 Å². The van der Waals surface area contributed by atoms with Crippen molar-refractivity contribution in [2.24, 2.45) is 10.4 Å². The molecule has 0 radical (unpaired) electrons. The molecule has 0 spiro atoms. The molecule has 0 saturated carbocycles. The highest BCUT2D eigenvalue weighted by Gasteiger charge is 2.28. The first-order chi connectivity index (χ1) is 14.3. The fourth-order valence-electron chi connectivity index (χ4n) is 3.20. The third-order valence-corrected chi connectivity index (χ3v) is 4.69. The predicted octanol–water partition coefficient (Wildman–Crippen LogP) is 1.02. The molecule has 10 heteroatoms. The van der Waals surface area contributed by atoms with E-state index in [0.717, 1.165) is 0 Å². The van der Waals surface area contributed by atoms with Crippen molar-refractivity contribution in [3.63, 3.8) is 0 Å². The lowest BCUT2D eigenvalue weighted by atomic mass is 9.88. The molecule has 2 amide bonds. The van der Waals surface area contributed by atoms with Gasteiger partial charge in [-0.05, 0) is 11.8 Å². The number of hydrogen-bond acceptors (Lipinski definition) is 7. The molecule has 0 bridgehead atoms. The average Bonchev–Trinajstić information content (AvgIpc) is 2.71. The van der Waals surface area contributed by atoms with Gasteiger partial charge in [0.2, 0.25) is 11.9 Å². The third kappa shape index (κ3) is 8.55. The number of amides is 2. The van der Waals surface area contributed by atoms with Crippen LogP contribution in [0.4, 0.5) is 4.79 Å². The van der Waals surface area contributed by atoms with Gasteiger partial charge in [0.15, 0.2) is 0 Å². The number of morpholine rings is 1. The Morgan fingerprint density at radius 3 is 2.43 bits per heavy atom. The quantitative estimate of drug-likeness (QED) is 0.384. The van der Waals surface area contributed by atoms with E-state index < -0.39 is 12.1 Å². The van der Waals surface area contributed by atoms with Crippen molar-refractivity contribution in [2.45, 2.75) is 52.2 Å². The van der Waals surface area contributed by atoms with Crippen LogP contribution in [0.5, 0.6) is 0 Å². The average molecular weight is 424 g/mol. The van der Waals surface area contributed by atoms with Crippen LogP contribution in [-0.2, 0) is 19.0 Å². The van der Waals surface area contributed by atoms with Crippen LogP contribution in [0.25, 0.3) is 0 Å². The normalized spacial score (nSPS) is 19.5. The van der Waals surface area contributed by atoms with Crippen LogP contribution in [0.3, 0.4) is 0 Å². The molecule has 2 aliphatic heterocycles. The number of carbonyl (C=O) groups is 2. The zero-order valence-corrected chi connectivity index (χ0v) is 18.1. The summed E-state index contributed by atoms with van der Waals surface area (Å²) in [5.41, 5.74) is -0.184. The van der Waals surface area contributed by atoms with E-state index in [4.69, 9.17) is 19.5 Å². The molecule has 1 atom stereocenters. The molecule has 10 nitrogen and oxygen atoms in total. The van der Waals surface area contributed by atoms with Crippen LogP contribution in [0.2, 0.25) is 0 Å². The third-order valence-electron chi connectivity index (χ3n) is 4.69. The zero-order valence-electron chi connectivity index (χ0n) is 18.1. The second-order valence-electron chi connectivity index (χ2n) is 8.55. The minimum absolute atomic E-state index is 0.0961. The van der Waals surface area contributed by atoms with Gasteiger partial charge in [-0.1, -0.05) is 20.8 Å². The Balaban J connectivity index is 2.17. The van der Waals surface area contributed by atoms with E-state index in [-0.39, 0.29) is 29.9 Å². The summed E-state index contributed by atoms with van der Waals surface area (Å²) in [4.78, 5) is 31.6. The number of nitriles is 1. The molecule has 2 rings (SSSR count). The van der Waals surface area contributed by atoms with Gasteiger partial charge in [-0.3, -0.25) is 10.1 Å². The monoisotopic (exact) mass is 423 g/mol. The maximum absolute atomic E-state index is 12.6. The van der Waals surface area contributed by atoms with Crippen molar-refractivity contribution in [1.29, 1.82) is 5.26 Å². The molecule has 0 aromatic heterocycles. The van der Waals surface area contributed by atoms with Crippen molar-refractivity contribution in [2.75, 3.05) is 46.1 Å². The molecule has 2 heterocycles. The molecule has 0 aromatic rings. The molecular weight excluding hydrogens is 390 g/mol. The Labute approximate surface area is 177 Å². The number of hydrogen-bond donors (Lipinski definition) is 2. The smallest absolute Gasteiger partial charge is 0.414 e. The first-order valence-corrected chi connectivity index (χ1v) is 10.4. The number of guanidine groups is 1. The molecular formula is C20H33N5O5. The standard InChI is InChI=1S/C20H33N5O5/c1-20(2,3)14-16(17(26)22-7-6-21)23-18(25-8-12-29-13-9-25)24-19(27)30-15-4-10-28-11-5-15/h15-16H,4-5,7-14H2,1-3H3,(H,22,26)(H,23,24,27)/t16-/m0/s1. The fraction of sp³-hybridized carbons (Fsp3) is 0.800. The summed E-state index contributed by atoms with van der Waals surface area (Å²) in [7, 11) is 0. The first kappa shape index (κ1) is 23.9. The summed E-state index contributed by atoms with van der Waals surface area (Å²) >= 11 is 0. The van der Waals surface area contributed by atoms with Gasteiger partial charge < -0.3 is 24.4 Å². The number of aliphatic imine (C=N–C) groups is 1. The first-order valence-electron chi connectivity index (χ1n) is 10.4. The Bertz CT molecular complexity index is 643. The van der Waals surface area contributed by atoms with Crippen molar-refractivity contribution < 1.29 is 23.8 Å². The molecule has 30 heavy (non-hydrogen) atoms. The van der Waals surface area contributed by atoms with E-state index >= 15 is 0 Å². The summed E-state index contributed by atoms with van der Waals surface area (Å²) in [6.45, 7) is 9.14. The number of ether oxygens (including phenoxy) is 3. The van der Waals surface area contributed by atoms with E-state index in [1.165, 1.54) is 0 Å². The topological polar surface area (TPSA) is 125 Å². The maximum Gasteiger partial charge on any atom is 0.414 e. The molecule has 0 aromatic carbocycles. The summed E-state index contributed by atoms with van der Waals surface area (Å²) in [6.07, 6.45) is 0.962. The van der Waals surface area contributed by atoms with Crippen LogP contribution in [0, 0.1) is 16.7 Å². The Morgan fingerprint density at radius 2 is 1.83 bits per heavy atom. The number of rotatable bonds is 5. The van der Waals surface area contributed by atoms with E-state index in [1.54, 1.807) is 0 Å². The van der Waals surface area contributed by atoms with Gasteiger partial charge in [-0.25, -0.2) is 9.79 Å². The minimum atomic E-state index is -0.750. The highest BCUT2D eigenvalue weighted by Crippen LogP contribution is 2.23. The van der Waals surface area contributed by atoms with Crippen molar-refractivity contribution in [3.05, 3.63) is 0 Å². The molecule has 0 aliphatic carbocycles. The molecule has 2 saturated heterocycles. The number of nitrogens with one attached hydrogen (secondary N) is 2. The Morgan fingerprint density at radius 1 is 1.20 bits per heavy atom. The summed E-state index contributed by atoms with van der Waals surface area (Å²) in [5, 5.41) is 14.1. The Kier molecular flexibility index (Phi) is 9.33. The van der Waals surface area contributed by atoms with E-state index in [0.29, 0.717) is 58.8 Å². The lowest BCUT2D eigenvalue weighted by Crippen LogP contribution is -2.51. The van der Waals surface area contributed by atoms with Crippen LogP contribution in [-0.4, -0.2) is 81.1 Å². The second-order valence-corrected chi connectivity index (χ2v) is 8.55.